The number of rotatable bonds is 5. The average Bonchev–Trinajstić information content (AvgIpc) is 3.30. The van der Waals surface area contributed by atoms with Gasteiger partial charge in [0.25, 0.3) is 0 Å². The van der Waals surface area contributed by atoms with Crippen molar-refractivity contribution >= 4 is 34.4 Å². The fourth-order valence-corrected chi connectivity index (χ4v) is 4.95. The SMILES string of the molecule is CC(Sc1ncnc2c1cnn2-c1ccc(F)cc1)C(=O)N1CCN(c2ccccc2)CC1. The first-order chi connectivity index (χ1) is 16.1. The quantitative estimate of drug-likeness (QED) is 0.332. The summed E-state index contributed by atoms with van der Waals surface area (Å²) >= 11 is 1.41. The number of thioether (sulfide) groups is 1. The van der Waals surface area contributed by atoms with Crippen LogP contribution >= 0.6 is 11.8 Å². The average molecular weight is 463 g/mol. The Morgan fingerprint density at radius 1 is 0.970 bits per heavy atom. The standard InChI is InChI=1S/C24H23FN6OS/c1-17(24(32)30-13-11-29(12-14-30)19-5-3-2-4-6-19)33-23-21-15-28-31(22(21)26-16-27-23)20-9-7-18(25)8-10-20/h2-10,15-17H,11-14H2,1H3. The summed E-state index contributed by atoms with van der Waals surface area (Å²) in [6.07, 6.45) is 3.17. The highest BCUT2D eigenvalue weighted by molar-refractivity contribution is 8.00. The van der Waals surface area contributed by atoms with Crippen molar-refractivity contribution in [3.63, 3.8) is 0 Å². The molecular weight excluding hydrogens is 439 g/mol. The van der Waals surface area contributed by atoms with Gasteiger partial charge in [-0.25, -0.2) is 19.0 Å². The Kier molecular flexibility index (Phi) is 5.95. The Morgan fingerprint density at radius 2 is 1.70 bits per heavy atom. The highest BCUT2D eigenvalue weighted by atomic mass is 32.2. The lowest BCUT2D eigenvalue weighted by Crippen LogP contribution is -2.50. The molecule has 9 heteroatoms. The van der Waals surface area contributed by atoms with E-state index in [1.807, 2.05) is 30.0 Å². The predicted molar refractivity (Wildman–Crippen MR) is 127 cm³/mol. The number of amides is 1. The van der Waals surface area contributed by atoms with Crippen LogP contribution < -0.4 is 4.90 Å². The van der Waals surface area contributed by atoms with Crippen LogP contribution in [0.1, 0.15) is 6.92 Å². The molecule has 0 radical (unpaired) electrons. The Balaban J connectivity index is 1.28. The molecule has 5 rings (SSSR count). The summed E-state index contributed by atoms with van der Waals surface area (Å²) < 4.78 is 14.9. The highest BCUT2D eigenvalue weighted by Crippen LogP contribution is 2.30. The first kappa shape index (κ1) is 21.4. The van der Waals surface area contributed by atoms with Crippen molar-refractivity contribution in [1.82, 2.24) is 24.6 Å². The maximum Gasteiger partial charge on any atom is 0.235 e. The van der Waals surface area contributed by atoms with Gasteiger partial charge in [0.15, 0.2) is 5.65 Å². The van der Waals surface area contributed by atoms with Crippen molar-refractivity contribution in [3.8, 4) is 5.69 Å². The number of benzene rings is 2. The molecule has 33 heavy (non-hydrogen) atoms. The largest absolute Gasteiger partial charge is 0.368 e. The van der Waals surface area contributed by atoms with Gasteiger partial charge < -0.3 is 9.80 Å². The Labute approximate surface area is 195 Å². The minimum Gasteiger partial charge on any atom is -0.368 e. The van der Waals surface area contributed by atoms with Gasteiger partial charge in [-0.2, -0.15) is 5.10 Å². The van der Waals surface area contributed by atoms with Gasteiger partial charge in [-0.05, 0) is 43.3 Å². The molecule has 1 aliphatic heterocycles. The van der Waals surface area contributed by atoms with Crippen LogP contribution in [0.5, 0.6) is 0 Å². The van der Waals surface area contributed by atoms with E-state index in [1.54, 1.807) is 23.0 Å². The third kappa shape index (κ3) is 4.41. The number of fused-ring (bicyclic) bond motifs is 1. The van der Waals surface area contributed by atoms with E-state index in [4.69, 9.17) is 0 Å². The van der Waals surface area contributed by atoms with Crippen LogP contribution in [0.4, 0.5) is 10.1 Å². The molecule has 2 aromatic carbocycles. The molecule has 1 unspecified atom stereocenters. The summed E-state index contributed by atoms with van der Waals surface area (Å²) in [7, 11) is 0. The normalized spacial score (nSPS) is 15.1. The molecule has 0 saturated carbocycles. The van der Waals surface area contributed by atoms with Crippen molar-refractivity contribution < 1.29 is 9.18 Å². The molecule has 0 aliphatic carbocycles. The van der Waals surface area contributed by atoms with E-state index in [9.17, 15) is 9.18 Å². The number of piperazine rings is 1. The third-order valence-corrected chi connectivity index (χ3v) is 6.85. The molecule has 7 nitrogen and oxygen atoms in total. The first-order valence-corrected chi connectivity index (χ1v) is 11.7. The summed E-state index contributed by atoms with van der Waals surface area (Å²) in [5, 5.41) is 5.59. The third-order valence-electron chi connectivity index (χ3n) is 5.75. The number of para-hydroxylation sites is 1. The lowest BCUT2D eigenvalue weighted by Gasteiger charge is -2.37. The second-order valence-corrected chi connectivity index (χ2v) is 9.19. The van der Waals surface area contributed by atoms with E-state index in [1.165, 1.54) is 35.9 Å². The van der Waals surface area contributed by atoms with Crippen molar-refractivity contribution in [2.24, 2.45) is 0 Å². The summed E-state index contributed by atoms with van der Waals surface area (Å²) in [5.74, 6) is -0.205. The molecule has 168 valence electrons. The van der Waals surface area contributed by atoms with E-state index >= 15 is 0 Å². The number of anilines is 1. The Morgan fingerprint density at radius 3 is 2.42 bits per heavy atom. The molecule has 0 bridgehead atoms. The van der Waals surface area contributed by atoms with Gasteiger partial charge >= 0.3 is 0 Å². The van der Waals surface area contributed by atoms with Crippen LogP contribution in [-0.2, 0) is 4.79 Å². The van der Waals surface area contributed by atoms with Gasteiger partial charge in [-0.3, -0.25) is 4.79 Å². The second-order valence-electron chi connectivity index (χ2n) is 7.86. The summed E-state index contributed by atoms with van der Waals surface area (Å²) in [5.41, 5.74) is 2.52. The van der Waals surface area contributed by atoms with Gasteiger partial charge in [0, 0.05) is 31.9 Å². The van der Waals surface area contributed by atoms with Gasteiger partial charge in [0.1, 0.15) is 17.2 Å². The van der Waals surface area contributed by atoms with Crippen LogP contribution in [0.3, 0.4) is 0 Å². The number of hydrogen-bond donors (Lipinski definition) is 0. The lowest BCUT2D eigenvalue weighted by molar-refractivity contribution is -0.130. The zero-order valence-electron chi connectivity index (χ0n) is 18.1. The van der Waals surface area contributed by atoms with Crippen LogP contribution in [0.25, 0.3) is 16.7 Å². The molecule has 0 N–H and O–H groups in total. The lowest BCUT2D eigenvalue weighted by atomic mass is 10.2. The molecule has 1 amide bonds. The van der Waals surface area contributed by atoms with E-state index in [0.29, 0.717) is 29.5 Å². The number of nitrogens with zero attached hydrogens (tertiary/aromatic N) is 6. The zero-order chi connectivity index (χ0) is 22.8. The number of aromatic nitrogens is 4. The summed E-state index contributed by atoms with van der Waals surface area (Å²) in [6, 6.07) is 16.4. The molecule has 1 saturated heterocycles. The maximum absolute atomic E-state index is 13.3. The minimum atomic E-state index is -0.307. The van der Waals surface area contributed by atoms with Crippen molar-refractivity contribution in [3.05, 3.63) is 72.9 Å². The highest BCUT2D eigenvalue weighted by Gasteiger charge is 2.26. The van der Waals surface area contributed by atoms with Crippen LogP contribution in [0.15, 0.2) is 72.1 Å². The second kappa shape index (κ2) is 9.19. The van der Waals surface area contributed by atoms with Gasteiger partial charge in [0.05, 0.1) is 22.5 Å². The van der Waals surface area contributed by atoms with E-state index < -0.39 is 0 Å². The number of carbonyl (C=O) groups is 1. The van der Waals surface area contributed by atoms with Crippen LogP contribution in [-0.4, -0.2) is 62.0 Å². The molecule has 4 aromatic rings. The predicted octanol–water partition coefficient (Wildman–Crippen LogP) is 3.78. The number of hydrogen-bond acceptors (Lipinski definition) is 6. The van der Waals surface area contributed by atoms with Crippen molar-refractivity contribution in [1.29, 1.82) is 0 Å². The van der Waals surface area contributed by atoms with Gasteiger partial charge in [-0.15, -0.1) is 0 Å². The minimum absolute atomic E-state index is 0.102. The summed E-state index contributed by atoms with van der Waals surface area (Å²) in [6.45, 7) is 4.93. The van der Waals surface area contributed by atoms with E-state index in [0.717, 1.165) is 18.5 Å². The molecule has 0 spiro atoms. The van der Waals surface area contributed by atoms with E-state index in [-0.39, 0.29) is 17.0 Å². The van der Waals surface area contributed by atoms with Crippen LogP contribution in [0.2, 0.25) is 0 Å². The summed E-state index contributed by atoms with van der Waals surface area (Å²) in [4.78, 5) is 26.1. The fourth-order valence-electron chi connectivity index (χ4n) is 3.99. The van der Waals surface area contributed by atoms with Gasteiger partial charge in [-0.1, -0.05) is 30.0 Å². The van der Waals surface area contributed by atoms with Crippen molar-refractivity contribution in [2.45, 2.75) is 17.2 Å². The maximum atomic E-state index is 13.3. The molecular formula is C24H23FN6OS. The molecule has 3 heterocycles. The van der Waals surface area contributed by atoms with Crippen molar-refractivity contribution in [2.75, 3.05) is 31.1 Å². The Bertz CT molecular complexity index is 1260. The fraction of sp³-hybridized carbons (Fsp3) is 0.250. The number of carbonyl (C=O) groups excluding carboxylic acids is 1. The molecule has 1 fully saturated rings. The zero-order valence-corrected chi connectivity index (χ0v) is 19.0. The number of halogens is 1. The van der Waals surface area contributed by atoms with Crippen LogP contribution in [0, 0.1) is 5.82 Å². The molecule has 2 aromatic heterocycles. The topological polar surface area (TPSA) is 67.2 Å². The smallest absolute Gasteiger partial charge is 0.235 e. The van der Waals surface area contributed by atoms with E-state index in [2.05, 4.69) is 32.1 Å². The molecule has 1 aliphatic rings. The van der Waals surface area contributed by atoms with Gasteiger partial charge in [0.2, 0.25) is 5.91 Å². The monoisotopic (exact) mass is 462 g/mol. The Hall–Kier alpha value is -3.46. The first-order valence-electron chi connectivity index (χ1n) is 10.8. The molecule has 1 atom stereocenters.